The summed E-state index contributed by atoms with van der Waals surface area (Å²) in [6.07, 6.45) is 0.193. The van der Waals surface area contributed by atoms with E-state index in [4.69, 9.17) is 5.11 Å². The molecule has 3 N–H and O–H groups in total. The molecule has 2 aromatic carbocycles. The van der Waals surface area contributed by atoms with Gasteiger partial charge in [-0.3, -0.25) is 9.59 Å². The van der Waals surface area contributed by atoms with Crippen LogP contribution in [-0.2, 0) is 10.5 Å². The lowest BCUT2D eigenvalue weighted by atomic mass is 10.1. The summed E-state index contributed by atoms with van der Waals surface area (Å²) >= 11 is 3.05. The third-order valence-corrected chi connectivity index (χ3v) is 6.50. The zero-order chi connectivity index (χ0) is 22.3. The second-order valence-corrected chi connectivity index (χ2v) is 8.83. The molecule has 0 saturated carbocycles. The number of hydrogen-bond acceptors (Lipinski definition) is 6. The fourth-order valence-electron chi connectivity index (χ4n) is 2.99. The van der Waals surface area contributed by atoms with Crippen LogP contribution in [0, 0.1) is 0 Å². The van der Waals surface area contributed by atoms with Gasteiger partial charge in [0.25, 0.3) is 5.91 Å². The number of aliphatic carboxylic acids is 1. The molecule has 0 spiro atoms. The second kappa shape index (κ2) is 10.3. The van der Waals surface area contributed by atoms with Crippen molar-refractivity contribution in [3.05, 3.63) is 82.0 Å². The van der Waals surface area contributed by atoms with E-state index in [0.29, 0.717) is 11.3 Å². The van der Waals surface area contributed by atoms with Crippen LogP contribution in [0.5, 0.6) is 0 Å². The Hall–Kier alpha value is -3.43. The van der Waals surface area contributed by atoms with Gasteiger partial charge in [-0.2, -0.15) is 5.10 Å². The number of carboxylic acids is 1. The lowest BCUT2D eigenvalue weighted by molar-refractivity contribution is -0.136. The van der Waals surface area contributed by atoms with Gasteiger partial charge in [0.1, 0.15) is 0 Å². The molecular formula is C23H20N4O3S2. The van der Waals surface area contributed by atoms with Crippen LogP contribution in [0.4, 0.5) is 0 Å². The Balaban J connectivity index is 1.36. The number of amides is 1. The van der Waals surface area contributed by atoms with Crippen molar-refractivity contribution in [1.29, 1.82) is 0 Å². The van der Waals surface area contributed by atoms with Gasteiger partial charge in [-0.15, -0.1) is 11.3 Å². The van der Waals surface area contributed by atoms with Gasteiger partial charge in [-0.1, -0.05) is 42.1 Å². The van der Waals surface area contributed by atoms with Crippen LogP contribution in [0.1, 0.15) is 33.6 Å². The zero-order valence-electron chi connectivity index (χ0n) is 16.9. The number of benzene rings is 2. The largest absolute Gasteiger partial charge is 0.481 e. The number of imidazole rings is 1. The Morgan fingerprint density at radius 2 is 1.88 bits per heavy atom. The van der Waals surface area contributed by atoms with Gasteiger partial charge in [0.2, 0.25) is 0 Å². The van der Waals surface area contributed by atoms with Crippen molar-refractivity contribution in [3.8, 4) is 0 Å². The second-order valence-electron chi connectivity index (χ2n) is 6.92. The van der Waals surface area contributed by atoms with E-state index in [1.165, 1.54) is 11.3 Å². The number of carboxylic acid groups (broad SMARTS) is 1. The number of carbonyl (C=O) groups is 2. The number of nitrogens with one attached hydrogen (secondary N) is 2. The highest BCUT2D eigenvalue weighted by Crippen LogP contribution is 2.23. The summed E-state index contributed by atoms with van der Waals surface area (Å²) in [5.41, 5.74) is 6.59. The van der Waals surface area contributed by atoms with E-state index in [1.807, 2.05) is 53.9 Å². The summed E-state index contributed by atoms with van der Waals surface area (Å²) in [7, 11) is 0. The molecule has 7 nitrogen and oxygen atoms in total. The van der Waals surface area contributed by atoms with Gasteiger partial charge in [-0.25, -0.2) is 10.4 Å². The first kappa shape index (κ1) is 21.8. The van der Waals surface area contributed by atoms with Crippen molar-refractivity contribution in [2.45, 2.75) is 23.8 Å². The van der Waals surface area contributed by atoms with Gasteiger partial charge >= 0.3 is 5.97 Å². The molecule has 162 valence electrons. The van der Waals surface area contributed by atoms with Crippen molar-refractivity contribution in [3.63, 3.8) is 0 Å². The minimum absolute atomic E-state index is 0.0514. The lowest BCUT2D eigenvalue weighted by Gasteiger charge is -2.05. The molecule has 4 rings (SSSR count). The molecule has 0 aliphatic carbocycles. The standard InChI is InChI=1S/C23H20N4O3S2/c28-21(29)12-11-19(20-6-3-13-31-20)26-27-22(30)16-9-7-15(8-10-16)14-32-23-24-17-4-1-2-5-18(17)25-23/h1-10,13H,11-12,14H2,(H,24,25)(H,27,30)(H,28,29). The highest BCUT2D eigenvalue weighted by molar-refractivity contribution is 7.98. The molecule has 1 amide bonds. The van der Waals surface area contributed by atoms with E-state index < -0.39 is 5.97 Å². The van der Waals surface area contributed by atoms with Gasteiger partial charge in [0.05, 0.1) is 28.0 Å². The topological polar surface area (TPSA) is 107 Å². The van der Waals surface area contributed by atoms with E-state index in [9.17, 15) is 9.59 Å². The lowest BCUT2D eigenvalue weighted by Crippen LogP contribution is -2.20. The van der Waals surface area contributed by atoms with E-state index in [2.05, 4.69) is 20.5 Å². The predicted octanol–water partition coefficient (Wildman–Crippen LogP) is 4.92. The molecule has 9 heteroatoms. The number of carbonyl (C=O) groups excluding carboxylic acids is 1. The van der Waals surface area contributed by atoms with Crippen molar-refractivity contribution < 1.29 is 14.7 Å². The number of nitrogens with zero attached hydrogens (tertiary/aromatic N) is 2. The number of thioether (sulfide) groups is 1. The van der Waals surface area contributed by atoms with Crippen molar-refractivity contribution in [2.75, 3.05) is 0 Å². The third kappa shape index (κ3) is 5.63. The predicted molar refractivity (Wildman–Crippen MR) is 127 cm³/mol. The average molecular weight is 465 g/mol. The number of fused-ring (bicyclic) bond motifs is 1. The molecule has 0 radical (unpaired) electrons. The van der Waals surface area contributed by atoms with Crippen molar-refractivity contribution in [2.24, 2.45) is 5.10 Å². The highest BCUT2D eigenvalue weighted by Gasteiger charge is 2.11. The van der Waals surface area contributed by atoms with Crippen LogP contribution in [0.15, 0.2) is 76.3 Å². The Kier molecular flexibility index (Phi) is 6.98. The maximum atomic E-state index is 12.5. The monoisotopic (exact) mass is 464 g/mol. The summed E-state index contributed by atoms with van der Waals surface area (Å²) in [6.45, 7) is 0. The molecule has 0 fully saturated rings. The molecule has 4 aromatic rings. The van der Waals surface area contributed by atoms with Gasteiger partial charge in [-0.05, 0) is 41.3 Å². The number of para-hydroxylation sites is 2. The minimum Gasteiger partial charge on any atom is -0.481 e. The van der Waals surface area contributed by atoms with Crippen molar-refractivity contribution in [1.82, 2.24) is 15.4 Å². The van der Waals surface area contributed by atoms with Crippen molar-refractivity contribution >= 4 is 51.7 Å². The van der Waals surface area contributed by atoms with Crippen LogP contribution < -0.4 is 5.43 Å². The molecule has 0 unspecified atom stereocenters. The van der Waals surface area contributed by atoms with Crippen LogP contribution in [0.3, 0.4) is 0 Å². The van der Waals surface area contributed by atoms with Crippen LogP contribution in [-0.4, -0.2) is 32.7 Å². The summed E-state index contributed by atoms with van der Waals surface area (Å²) in [4.78, 5) is 32.1. The summed E-state index contributed by atoms with van der Waals surface area (Å²) < 4.78 is 0. The maximum absolute atomic E-state index is 12.5. The normalized spacial score (nSPS) is 11.6. The number of aromatic amines is 1. The van der Waals surface area contributed by atoms with Crippen LogP contribution in [0.25, 0.3) is 11.0 Å². The fourth-order valence-corrected chi connectivity index (χ4v) is 4.57. The number of thiophene rings is 1. The Bertz CT molecular complexity index is 1210. The number of H-pyrrole nitrogens is 1. The van der Waals surface area contributed by atoms with E-state index in [1.54, 1.807) is 23.9 Å². The Labute approximate surface area is 192 Å². The van der Waals surface area contributed by atoms with Gasteiger partial charge in [0, 0.05) is 17.7 Å². The maximum Gasteiger partial charge on any atom is 0.303 e. The van der Waals surface area contributed by atoms with E-state index in [0.717, 1.165) is 32.4 Å². The number of hydrogen-bond donors (Lipinski definition) is 3. The molecule has 2 heterocycles. The molecule has 0 aliphatic heterocycles. The van der Waals surface area contributed by atoms with Crippen LogP contribution >= 0.6 is 23.1 Å². The molecule has 32 heavy (non-hydrogen) atoms. The smallest absolute Gasteiger partial charge is 0.303 e. The number of rotatable bonds is 9. The fraction of sp³-hybridized carbons (Fsp3) is 0.130. The number of aromatic nitrogens is 2. The molecule has 0 atom stereocenters. The average Bonchev–Trinajstić information content (AvgIpc) is 3.47. The quantitative estimate of drug-likeness (QED) is 0.185. The summed E-state index contributed by atoms with van der Waals surface area (Å²) in [5.74, 6) is -0.528. The molecular weight excluding hydrogens is 444 g/mol. The number of hydrazone groups is 1. The summed E-state index contributed by atoms with van der Waals surface area (Å²) in [5, 5.41) is 15.9. The first-order valence-electron chi connectivity index (χ1n) is 9.87. The highest BCUT2D eigenvalue weighted by atomic mass is 32.2. The molecule has 2 aromatic heterocycles. The Morgan fingerprint density at radius 1 is 1.06 bits per heavy atom. The third-order valence-electron chi connectivity index (χ3n) is 4.63. The molecule has 0 bridgehead atoms. The van der Waals surface area contributed by atoms with Crippen LogP contribution in [0.2, 0.25) is 0 Å². The first-order chi connectivity index (χ1) is 15.6. The Morgan fingerprint density at radius 3 is 2.59 bits per heavy atom. The van der Waals surface area contributed by atoms with Gasteiger partial charge < -0.3 is 10.1 Å². The SMILES string of the molecule is O=C(O)CCC(=NNC(=O)c1ccc(CSc2nc3ccccc3[nH]2)cc1)c1cccs1. The van der Waals surface area contributed by atoms with Gasteiger partial charge in [0.15, 0.2) is 5.16 Å². The molecule has 0 aliphatic rings. The van der Waals surface area contributed by atoms with E-state index >= 15 is 0 Å². The zero-order valence-corrected chi connectivity index (χ0v) is 18.6. The first-order valence-corrected chi connectivity index (χ1v) is 11.7. The van der Waals surface area contributed by atoms with E-state index in [-0.39, 0.29) is 18.7 Å². The molecule has 0 saturated heterocycles. The minimum atomic E-state index is -0.906. The summed E-state index contributed by atoms with van der Waals surface area (Å²) in [6, 6.07) is 18.9.